The van der Waals surface area contributed by atoms with Gasteiger partial charge in [-0.3, -0.25) is 0 Å². The molecular weight excluding hydrogens is 935 g/mol. The average Bonchev–Trinajstić information content (AvgIpc) is 3.89. The first-order valence-corrected chi connectivity index (χ1v) is 32.1. The molecule has 0 radical (unpaired) electrons. The van der Waals surface area contributed by atoms with Crippen LogP contribution in [0, 0.1) is 38.5 Å². The second-order valence-corrected chi connectivity index (χ2v) is 30.6. The Bertz CT molecular complexity index is 2170. The first-order valence-electron chi connectivity index (χ1n) is 26.0. The van der Waals surface area contributed by atoms with Crippen molar-refractivity contribution in [2.24, 2.45) is 10.8 Å². The fourth-order valence-electron chi connectivity index (χ4n) is 12.2. The van der Waals surface area contributed by atoms with Crippen molar-refractivity contribution >= 4 is 27.0 Å². The zero-order chi connectivity index (χ0) is 45.5. The van der Waals surface area contributed by atoms with E-state index in [0.717, 1.165) is 0 Å². The van der Waals surface area contributed by atoms with Crippen molar-refractivity contribution in [1.82, 2.24) is 0 Å². The van der Waals surface area contributed by atoms with Crippen molar-refractivity contribution < 1.29 is 48.1 Å². The van der Waals surface area contributed by atoms with E-state index in [0.29, 0.717) is 10.8 Å². The van der Waals surface area contributed by atoms with E-state index in [1.165, 1.54) is 207 Å². The summed E-state index contributed by atoms with van der Waals surface area (Å²) in [5.74, 6) is 0. The maximum atomic E-state index is 2.52. The molecule has 6 aromatic rings. The molecule has 356 valence electrons. The van der Waals surface area contributed by atoms with Gasteiger partial charge in [0.25, 0.3) is 0 Å². The predicted molar refractivity (Wildman–Crippen MR) is 282 cm³/mol. The summed E-state index contributed by atoms with van der Waals surface area (Å²) >= 11 is 1.74. The Hall–Kier alpha value is -2.22. The maximum Gasteiger partial charge on any atom is -1.00 e. The third kappa shape index (κ3) is 16.5. The molecule has 0 unspecified atom stereocenters. The minimum Gasteiger partial charge on any atom is -1.00 e. The van der Waals surface area contributed by atoms with E-state index in [9.17, 15) is 0 Å². The quantitative estimate of drug-likeness (QED) is 0.0948. The van der Waals surface area contributed by atoms with Gasteiger partial charge in [-0.2, -0.15) is 12.1 Å². The average molecular weight is 1020 g/mol. The number of benzene rings is 4. The van der Waals surface area contributed by atoms with Gasteiger partial charge < -0.3 is 24.8 Å². The summed E-state index contributed by atoms with van der Waals surface area (Å²) in [5.41, 5.74) is 15.3. The van der Waals surface area contributed by atoms with Crippen LogP contribution in [0.15, 0.2) is 97.1 Å². The second-order valence-electron chi connectivity index (χ2n) is 21.2. The van der Waals surface area contributed by atoms with Crippen LogP contribution in [0.25, 0.3) is 43.8 Å². The van der Waals surface area contributed by atoms with Gasteiger partial charge >= 0.3 is 41.9 Å². The van der Waals surface area contributed by atoms with Crippen molar-refractivity contribution in [3.05, 3.63) is 130 Å². The van der Waals surface area contributed by atoms with Gasteiger partial charge in [0.05, 0.1) is 0 Å². The van der Waals surface area contributed by atoms with Crippen molar-refractivity contribution in [2.75, 3.05) is 0 Å². The zero-order valence-electron chi connectivity index (χ0n) is 42.5. The van der Waals surface area contributed by atoms with Gasteiger partial charge in [-0.25, -0.2) is 0 Å². The number of fused-ring (bicyclic) bond motifs is 2. The predicted octanol–water partition coefficient (Wildman–Crippen LogP) is 13.4. The Morgan fingerprint density at radius 3 is 1.08 bits per heavy atom. The van der Waals surface area contributed by atoms with Crippen LogP contribution in [-0.4, -0.2) is 5.43 Å². The molecule has 0 atom stereocenters. The van der Waals surface area contributed by atoms with Gasteiger partial charge in [-0.05, 0) is 101 Å². The smallest absolute Gasteiger partial charge is 1.00 e. The van der Waals surface area contributed by atoms with E-state index in [2.05, 4.69) is 152 Å². The number of halogens is 2. The van der Waals surface area contributed by atoms with Crippen LogP contribution in [0.2, 0.25) is 13.1 Å². The second kappa shape index (κ2) is 27.8. The van der Waals surface area contributed by atoms with Crippen LogP contribution < -0.4 is 24.8 Å². The van der Waals surface area contributed by atoms with Crippen LogP contribution in [0.5, 0.6) is 0 Å². The molecule has 0 N–H and O–H groups in total. The van der Waals surface area contributed by atoms with Crippen LogP contribution in [0.3, 0.4) is 0 Å². The number of aryl methyl sites for hydroxylation is 4. The minimum atomic E-state index is 0. The van der Waals surface area contributed by atoms with E-state index in [1.54, 1.807) is 34.5 Å². The molecular formula is C62H84Cl2SiZr-2. The summed E-state index contributed by atoms with van der Waals surface area (Å²) in [5, 5.41) is 5.70. The van der Waals surface area contributed by atoms with E-state index >= 15 is 0 Å². The van der Waals surface area contributed by atoms with Gasteiger partial charge in [0.1, 0.15) is 0 Å². The fraction of sp³-hybridized carbons (Fsp3) is 0.516. The summed E-state index contributed by atoms with van der Waals surface area (Å²) in [7, 11) is 0. The third-order valence-electron chi connectivity index (χ3n) is 14.7. The first kappa shape index (κ1) is 56.4. The molecule has 2 aliphatic rings. The molecule has 0 amide bonds. The van der Waals surface area contributed by atoms with Gasteiger partial charge in [-0.1, -0.05) is 186 Å². The Kier molecular flexibility index (Phi) is 23.8. The molecule has 8 rings (SSSR count). The molecule has 0 aliphatic heterocycles. The largest absolute Gasteiger partial charge is 1.00 e. The van der Waals surface area contributed by atoms with Crippen molar-refractivity contribution in [2.45, 2.75) is 196 Å². The van der Waals surface area contributed by atoms with Crippen molar-refractivity contribution in [1.29, 1.82) is 0 Å². The molecule has 0 spiro atoms. The summed E-state index contributed by atoms with van der Waals surface area (Å²) in [6.07, 6.45) is 30.9. The molecule has 6 aromatic carbocycles. The molecule has 66 heavy (non-hydrogen) atoms. The van der Waals surface area contributed by atoms with Crippen molar-refractivity contribution in [3.8, 4) is 22.3 Å². The fourth-order valence-corrected chi connectivity index (χ4v) is 12.2. The van der Waals surface area contributed by atoms with Crippen molar-refractivity contribution in [3.63, 3.8) is 0 Å². The zero-order valence-corrected chi connectivity index (χ0v) is 47.5. The van der Waals surface area contributed by atoms with E-state index in [1.807, 2.05) is 0 Å². The molecule has 0 saturated heterocycles. The summed E-state index contributed by atoms with van der Waals surface area (Å²) in [6.45, 7) is 18.2. The van der Waals surface area contributed by atoms with Gasteiger partial charge in [0.2, 0.25) is 0 Å². The Balaban J connectivity index is 0.000000260. The monoisotopic (exact) mass is 1020 g/mol. The summed E-state index contributed by atoms with van der Waals surface area (Å²) in [4.78, 5) is 0. The molecule has 0 nitrogen and oxygen atoms in total. The van der Waals surface area contributed by atoms with Crippen LogP contribution in [0.1, 0.15) is 176 Å². The Labute approximate surface area is 431 Å². The van der Waals surface area contributed by atoms with Crippen LogP contribution in [-0.2, 0) is 36.2 Å². The van der Waals surface area contributed by atoms with Crippen LogP contribution in [0.4, 0.5) is 0 Å². The molecule has 2 saturated carbocycles. The Morgan fingerprint density at radius 1 is 0.470 bits per heavy atom. The SMILES string of the molecule is CCCC1(Cc2cc3c(-c4cc(C)cc(C)c4)cccc3[cH-]2)CCCCCCCC1.CCCC1(Cc2cc3c(-c4cc(C)cc(C)c4)cccc3[cH-]2)CCCCCCCC1.C[Si](C)=[Zr+2].[Cl-].[Cl-]. The number of rotatable bonds is 10. The molecule has 2 fully saturated rings. The number of hydrogen-bond donors (Lipinski definition) is 0. The first-order chi connectivity index (χ1) is 30.9. The van der Waals surface area contributed by atoms with Gasteiger partial charge in [0.15, 0.2) is 0 Å². The van der Waals surface area contributed by atoms with E-state index in [-0.39, 0.29) is 30.2 Å². The minimum absolute atomic E-state index is 0. The molecule has 0 aromatic heterocycles. The maximum absolute atomic E-state index is 2.52. The Morgan fingerprint density at radius 2 is 0.773 bits per heavy atom. The molecule has 0 bridgehead atoms. The molecule has 4 heteroatoms. The topological polar surface area (TPSA) is 0 Å². The van der Waals surface area contributed by atoms with Crippen LogP contribution >= 0.6 is 0 Å². The molecule has 0 heterocycles. The standard InChI is InChI=1S/2C30H39.C2H6Si.2ClH.Zr/c2*1-4-14-30(15-9-7-5-6-8-10-16-30)22-25-20-26-12-11-13-28(29(26)21-25)27-18-23(2)17-24(3)19-27;1-3-2;;;/h2*11-13,17-21H,4-10,14-16,22H2,1-3H3;1-2H3;2*1H;/q2*-1;;;;+2/p-2. The molecule has 2 aliphatic carbocycles. The van der Waals surface area contributed by atoms with E-state index < -0.39 is 0 Å². The summed E-state index contributed by atoms with van der Waals surface area (Å²) in [6, 6.07) is 37.6. The van der Waals surface area contributed by atoms with Gasteiger partial charge in [-0.15, -0.1) is 69.1 Å². The normalized spacial score (nSPS) is 16.3. The summed E-state index contributed by atoms with van der Waals surface area (Å²) < 4.78 is 0. The number of hydrogen-bond acceptors (Lipinski definition) is 0. The third-order valence-corrected chi connectivity index (χ3v) is 14.7. The van der Waals surface area contributed by atoms with E-state index in [4.69, 9.17) is 0 Å². The van der Waals surface area contributed by atoms with Gasteiger partial charge in [0, 0.05) is 0 Å².